The molecule has 0 rings (SSSR count). The highest BCUT2D eigenvalue weighted by Crippen LogP contribution is 2.16. The van der Waals surface area contributed by atoms with Crippen LogP contribution in [0, 0.1) is 7.05 Å². The van der Waals surface area contributed by atoms with Gasteiger partial charge in [0, 0.05) is 0 Å². The average Bonchev–Trinajstić information content (AvgIpc) is 1.76. The molecule has 0 aromatic carbocycles. The number of carbonyl (C=O) groups is 1. The second kappa shape index (κ2) is 4.10. The summed E-state index contributed by atoms with van der Waals surface area (Å²) >= 11 is 0. The van der Waals surface area contributed by atoms with Gasteiger partial charge in [-0.1, -0.05) is 0 Å². The Bertz CT molecular complexity index is 234. The Labute approximate surface area is 93.6 Å². The third kappa shape index (κ3) is 6.47. The minimum absolute atomic E-state index is 0.305. The van der Waals surface area contributed by atoms with E-state index in [1.807, 2.05) is 13.8 Å². The van der Waals surface area contributed by atoms with E-state index in [-0.39, 0.29) is 4.48 Å². The molecule has 15 heavy (non-hydrogen) atoms. The molecule has 4 heteroatoms. The van der Waals surface area contributed by atoms with Gasteiger partial charge in [0.2, 0.25) is 7.05 Å². The molecule has 0 spiro atoms. The number of carbonyl (C=O) groups excluding carboxylic acids is 1. The molecule has 0 aliphatic heterocycles. The molecule has 2 radical (unpaired) electrons. The van der Waals surface area contributed by atoms with Crippen LogP contribution in [0.2, 0.25) is 0 Å². The number of amides is 1. The largest absolute Gasteiger partial charge is 0.516 e. The summed E-state index contributed by atoms with van der Waals surface area (Å²) in [6, 6.07) is 0. The zero-order valence-corrected chi connectivity index (χ0v) is 11.0. The van der Waals surface area contributed by atoms with Crippen LogP contribution < -0.4 is 0 Å². The van der Waals surface area contributed by atoms with E-state index in [9.17, 15) is 4.79 Å². The van der Waals surface area contributed by atoms with Gasteiger partial charge >= 0.3 is 6.09 Å². The third-order valence-corrected chi connectivity index (χ3v) is 1.69. The molecule has 0 aromatic rings. The van der Waals surface area contributed by atoms with Crippen molar-refractivity contribution >= 4 is 6.09 Å². The minimum Gasteiger partial charge on any atom is -0.408 e. The number of likely N-dealkylation sites (N-methyl/N-ethyl adjacent to an activating group) is 1. The van der Waals surface area contributed by atoms with Crippen LogP contribution in [0.25, 0.3) is 0 Å². The molecule has 4 nitrogen and oxygen atoms in total. The van der Waals surface area contributed by atoms with Crippen molar-refractivity contribution in [2.75, 3.05) is 41.8 Å². The Morgan fingerprint density at radius 2 is 1.60 bits per heavy atom. The zero-order chi connectivity index (χ0) is 12.5. The van der Waals surface area contributed by atoms with E-state index in [4.69, 9.17) is 11.8 Å². The van der Waals surface area contributed by atoms with E-state index in [0.717, 1.165) is 11.0 Å². The van der Waals surface area contributed by atoms with Gasteiger partial charge in [0.05, 0.1) is 35.2 Å². The van der Waals surface area contributed by atoms with Crippen LogP contribution in [-0.4, -0.2) is 62.4 Å². The smallest absolute Gasteiger partial charge is 0.408 e. The SMILES string of the molecule is [CH][N+](C)(C)C(=O)OC(C)(C)C[N+](C)(C)C. The van der Waals surface area contributed by atoms with E-state index in [1.54, 1.807) is 14.1 Å². The van der Waals surface area contributed by atoms with Gasteiger partial charge in [0.1, 0.15) is 6.54 Å². The third-order valence-electron chi connectivity index (χ3n) is 1.69. The molecule has 88 valence electrons. The molecule has 0 bridgehead atoms. The van der Waals surface area contributed by atoms with Gasteiger partial charge in [-0.15, -0.1) is 0 Å². The van der Waals surface area contributed by atoms with Crippen molar-refractivity contribution in [3.63, 3.8) is 0 Å². The number of hydrogen-bond donors (Lipinski definition) is 0. The molecule has 0 heterocycles. The molecule has 1 amide bonds. The van der Waals surface area contributed by atoms with Gasteiger partial charge in [-0.3, -0.25) is 0 Å². The van der Waals surface area contributed by atoms with Gasteiger partial charge in [-0.25, -0.2) is 4.48 Å². The molecule has 0 atom stereocenters. The lowest BCUT2D eigenvalue weighted by molar-refractivity contribution is -0.877. The van der Waals surface area contributed by atoms with E-state index >= 15 is 0 Å². The second-order valence-electron chi connectivity index (χ2n) is 6.12. The average molecular weight is 216 g/mol. The summed E-state index contributed by atoms with van der Waals surface area (Å²) in [6.07, 6.45) is -0.423. The van der Waals surface area contributed by atoms with Crippen LogP contribution >= 0.6 is 0 Å². The summed E-state index contributed by atoms with van der Waals surface area (Å²) < 4.78 is 5.80. The molecular weight excluding hydrogens is 192 g/mol. The highest BCUT2D eigenvalue weighted by molar-refractivity contribution is 5.60. The van der Waals surface area contributed by atoms with Crippen LogP contribution in [-0.2, 0) is 4.74 Å². The van der Waals surface area contributed by atoms with Gasteiger partial charge in [0.25, 0.3) is 0 Å². The maximum absolute atomic E-state index is 11.6. The van der Waals surface area contributed by atoms with Gasteiger partial charge < -0.3 is 9.22 Å². The van der Waals surface area contributed by atoms with Crippen molar-refractivity contribution in [1.82, 2.24) is 0 Å². The summed E-state index contributed by atoms with van der Waals surface area (Å²) in [5.41, 5.74) is -0.510. The first-order valence-electron chi connectivity index (χ1n) is 5.00. The molecule has 0 N–H and O–H groups in total. The van der Waals surface area contributed by atoms with E-state index in [0.29, 0.717) is 0 Å². The molecule has 0 fully saturated rings. The topological polar surface area (TPSA) is 26.3 Å². The minimum atomic E-state index is -0.510. The Kier molecular flexibility index (Phi) is 3.93. The standard InChI is InChI=1S/C11H24N2O2/c1-11(2,9-12(3,4)5)15-10(14)13(6,7)8/h6H,9H2,1-5,7-8H3/q+2. The maximum atomic E-state index is 11.6. The summed E-state index contributed by atoms with van der Waals surface area (Å²) in [4.78, 5) is 11.6. The van der Waals surface area contributed by atoms with Crippen LogP contribution in [0.4, 0.5) is 4.79 Å². The number of quaternary nitrogens is 2. The highest BCUT2D eigenvalue weighted by Gasteiger charge is 2.35. The van der Waals surface area contributed by atoms with Crippen molar-refractivity contribution in [2.45, 2.75) is 19.4 Å². The summed E-state index contributed by atoms with van der Waals surface area (Å²) in [6.45, 7) is 4.52. The fraction of sp³-hybridized carbons (Fsp3) is 0.818. The summed E-state index contributed by atoms with van der Waals surface area (Å²) in [5.74, 6) is 0. The lowest BCUT2D eigenvalue weighted by Crippen LogP contribution is -2.51. The molecule has 0 aliphatic carbocycles. The van der Waals surface area contributed by atoms with Crippen LogP contribution in [0.15, 0.2) is 0 Å². The van der Waals surface area contributed by atoms with Crippen molar-refractivity contribution in [3.05, 3.63) is 7.05 Å². The fourth-order valence-corrected chi connectivity index (χ4v) is 1.53. The van der Waals surface area contributed by atoms with Crippen molar-refractivity contribution in [1.29, 1.82) is 0 Å². The van der Waals surface area contributed by atoms with Crippen molar-refractivity contribution in [3.8, 4) is 0 Å². The van der Waals surface area contributed by atoms with Gasteiger partial charge in [-0.05, 0) is 13.8 Å². The molecule has 0 aromatic heterocycles. The van der Waals surface area contributed by atoms with Gasteiger partial charge in [0.15, 0.2) is 5.60 Å². The number of nitrogens with zero attached hydrogens (tertiary/aromatic N) is 2. The van der Waals surface area contributed by atoms with Crippen molar-refractivity contribution < 1.29 is 18.5 Å². The molecular formula is C11H24N2O2+2. The first-order valence-corrected chi connectivity index (χ1v) is 5.00. The Morgan fingerprint density at radius 1 is 1.20 bits per heavy atom. The van der Waals surface area contributed by atoms with Gasteiger partial charge in [-0.2, -0.15) is 4.79 Å². The molecule has 0 unspecified atom stereocenters. The summed E-state index contributed by atoms with van der Waals surface area (Å²) in [5, 5.41) is 0. The normalized spacial score (nSPS) is 13.9. The molecule has 0 saturated heterocycles. The molecule has 0 saturated carbocycles. The molecule has 0 aliphatic rings. The van der Waals surface area contributed by atoms with E-state index < -0.39 is 11.7 Å². The first-order chi connectivity index (χ1) is 6.33. The predicted octanol–water partition coefficient (Wildman–Crippen LogP) is 1.35. The maximum Gasteiger partial charge on any atom is 0.516 e. The quantitative estimate of drug-likeness (QED) is 0.666. The van der Waals surface area contributed by atoms with Crippen molar-refractivity contribution in [2.24, 2.45) is 0 Å². The number of hydrogen-bond acceptors (Lipinski definition) is 2. The number of rotatable bonds is 3. The lowest BCUT2D eigenvalue weighted by atomic mass is 10.1. The first kappa shape index (κ1) is 14.4. The van der Waals surface area contributed by atoms with Crippen LogP contribution in [0.5, 0.6) is 0 Å². The number of ether oxygens (including phenoxy) is 1. The highest BCUT2D eigenvalue weighted by atomic mass is 16.6. The zero-order valence-electron chi connectivity index (χ0n) is 11.0. The van der Waals surface area contributed by atoms with E-state index in [2.05, 4.69) is 21.1 Å². The fourth-order valence-electron chi connectivity index (χ4n) is 1.53. The predicted molar refractivity (Wildman–Crippen MR) is 59.9 cm³/mol. The monoisotopic (exact) mass is 216 g/mol. The van der Waals surface area contributed by atoms with E-state index in [1.165, 1.54) is 0 Å². The van der Waals surface area contributed by atoms with Crippen LogP contribution in [0.1, 0.15) is 13.8 Å². The Morgan fingerprint density at radius 3 is 1.87 bits per heavy atom. The lowest BCUT2D eigenvalue weighted by Gasteiger charge is -2.34. The Balaban J connectivity index is 4.46. The summed E-state index contributed by atoms with van der Waals surface area (Å²) in [7, 11) is 14.9. The van der Waals surface area contributed by atoms with Crippen LogP contribution in [0.3, 0.4) is 0 Å². The Hall–Kier alpha value is -0.610. The second-order valence-corrected chi connectivity index (χ2v) is 6.12.